The summed E-state index contributed by atoms with van der Waals surface area (Å²) in [5, 5.41) is 10.4. The minimum atomic E-state index is -1.05. The van der Waals surface area contributed by atoms with Gasteiger partial charge in [-0.1, -0.05) is 25.1 Å². The van der Waals surface area contributed by atoms with Crippen molar-refractivity contribution < 1.29 is 14.7 Å². The van der Waals surface area contributed by atoms with E-state index in [2.05, 4.69) is 41.3 Å². The van der Waals surface area contributed by atoms with Crippen LogP contribution in [0, 0.1) is 0 Å². The van der Waals surface area contributed by atoms with Crippen LogP contribution in [0.25, 0.3) is 10.9 Å². The quantitative estimate of drug-likeness (QED) is 0.723. The Morgan fingerprint density at radius 1 is 1.25 bits per heavy atom. The van der Waals surface area contributed by atoms with Crippen molar-refractivity contribution >= 4 is 22.8 Å². The van der Waals surface area contributed by atoms with Gasteiger partial charge in [-0.2, -0.15) is 0 Å². The molecule has 1 saturated heterocycles. The maximum absolute atomic E-state index is 12.7. The molecule has 0 atom stereocenters. The van der Waals surface area contributed by atoms with Gasteiger partial charge in [-0.05, 0) is 48.4 Å². The molecule has 1 aliphatic rings. The summed E-state index contributed by atoms with van der Waals surface area (Å²) in [5.74, 6) is -0.849. The van der Waals surface area contributed by atoms with Crippen molar-refractivity contribution in [2.45, 2.75) is 32.1 Å². The monoisotopic (exact) mass is 377 g/mol. The number of aromatic nitrogens is 2. The average Bonchev–Trinajstić information content (AvgIpc) is 3.17. The van der Waals surface area contributed by atoms with E-state index >= 15 is 0 Å². The fraction of sp³-hybridized carbons (Fsp3) is 0.318. The van der Waals surface area contributed by atoms with E-state index in [9.17, 15) is 9.59 Å². The van der Waals surface area contributed by atoms with E-state index in [1.165, 1.54) is 40.4 Å². The molecule has 0 unspecified atom stereocenters. The molecule has 3 heterocycles. The highest BCUT2D eigenvalue weighted by molar-refractivity contribution is 5.96. The van der Waals surface area contributed by atoms with Gasteiger partial charge in [-0.25, -0.2) is 4.79 Å². The number of carbonyl (C=O) groups is 2. The van der Waals surface area contributed by atoms with E-state index in [0.29, 0.717) is 19.0 Å². The highest BCUT2D eigenvalue weighted by atomic mass is 16.4. The zero-order valence-electron chi connectivity index (χ0n) is 15.8. The zero-order valence-corrected chi connectivity index (χ0v) is 15.8. The van der Waals surface area contributed by atoms with Crippen LogP contribution in [0.15, 0.2) is 42.7 Å². The molecular weight excluding hydrogens is 354 g/mol. The lowest BCUT2D eigenvalue weighted by Gasteiger charge is -2.31. The number of benzene rings is 1. The summed E-state index contributed by atoms with van der Waals surface area (Å²) >= 11 is 0. The second-order valence-electron chi connectivity index (χ2n) is 7.24. The lowest BCUT2D eigenvalue weighted by Crippen LogP contribution is -2.38. The van der Waals surface area contributed by atoms with Crippen molar-refractivity contribution in [1.29, 1.82) is 0 Å². The number of para-hydroxylation sites is 1. The number of nitrogens with zero attached hydrogens (tertiary/aromatic N) is 2. The van der Waals surface area contributed by atoms with Gasteiger partial charge in [0.05, 0.1) is 5.56 Å². The van der Waals surface area contributed by atoms with Gasteiger partial charge in [0.2, 0.25) is 0 Å². The minimum Gasteiger partial charge on any atom is -0.478 e. The number of amides is 1. The molecule has 4 rings (SSSR count). The van der Waals surface area contributed by atoms with Crippen LogP contribution in [0.3, 0.4) is 0 Å². The van der Waals surface area contributed by atoms with E-state index in [0.717, 1.165) is 19.3 Å². The number of aryl methyl sites for hydroxylation is 1. The number of carbonyl (C=O) groups excluding carboxylic acids is 1. The van der Waals surface area contributed by atoms with E-state index in [1.807, 2.05) is 0 Å². The second-order valence-corrected chi connectivity index (χ2v) is 7.24. The van der Waals surface area contributed by atoms with E-state index in [4.69, 9.17) is 5.11 Å². The summed E-state index contributed by atoms with van der Waals surface area (Å²) in [6.45, 7) is 3.44. The Bertz CT molecular complexity index is 1030. The number of hydrogen-bond acceptors (Lipinski definition) is 3. The van der Waals surface area contributed by atoms with Gasteiger partial charge < -0.3 is 15.0 Å². The average molecular weight is 377 g/mol. The number of piperidine rings is 1. The third-order valence-corrected chi connectivity index (χ3v) is 5.66. The maximum Gasteiger partial charge on any atom is 0.335 e. The number of fused-ring (bicyclic) bond motifs is 1. The molecule has 1 fully saturated rings. The van der Waals surface area contributed by atoms with Gasteiger partial charge in [0.25, 0.3) is 5.91 Å². The molecular formula is C22H23N3O3. The van der Waals surface area contributed by atoms with Gasteiger partial charge in [0.15, 0.2) is 0 Å². The number of nitrogens with one attached hydrogen (secondary N) is 1. The first-order valence-corrected chi connectivity index (χ1v) is 9.66. The topological polar surface area (TPSA) is 86.3 Å². The standard InChI is InChI=1S/C22H23N3O3/c1-2-14-4-3-5-17-18(13-24-20(14)17)15-7-10-25(11-8-15)21(26)19-12-16(22(27)28)6-9-23-19/h3-6,9,12-13,15,24H,2,7-8,10-11H2,1H3,(H,27,28). The van der Waals surface area contributed by atoms with Crippen LogP contribution in [0.4, 0.5) is 0 Å². The number of hydrogen-bond donors (Lipinski definition) is 2. The fourth-order valence-electron chi connectivity index (χ4n) is 4.11. The lowest BCUT2D eigenvalue weighted by atomic mass is 9.88. The van der Waals surface area contributed by atoms with Crippen LogP contribution in [0.5, 0.6) is 0 Å². The molecule has 28 heavy (non-hydrogen) atoms. The summed E-state index contributed by atoms with van der Waals surface area (Å²) in [4.78, 5) is 33.1. The minimum absolute atomic E-state index is 0.0822. The SMILES string of the molecule is CCc1cccc2c(C3CCN(C(=O)c4cc(C(=O)O)ccn4)CC3)c[nH]c12. The number of aromatic carboxylic acids is 1. The van der Waals surface area contributed by atoms with Crippen molar-refractivity contribution in [2.24, 2.45) is 0 Å². The van der Waals surface area contributed by atoms with Crippen molar-refractivity contribution in [3.63, 3.8) is 0 Å². The molecule has 1 aromatic carbocycles. The summed E-state index contributed by atoms with van der Waals surface area (Å²) in [6.07, 6.45) is 6.25. The Labute approximate surface area is 163 Å². The molecule has 1 aliphatic heterocycles. The van der Waals surface area contributed by atoms with Crippen LogP contribution >= 0.6 is 0 Å². The summed E-state index contributed by atoms with van der Waals surface area (Å²) in [7, 11) is 0. The Morgan fingerprint density at radius 3 is 2.75 bits per heavy atom. The highest BCUT2D eigenvalue weighted by Crippen LogP contribution is 2.34. The van der Waals surface area contributed by atoms with Crippen LogP contribution < -0.4 is 0 Å². The van der Waals surface area contributed by atoms with E-state index < -0.39 is 5.97 Å². The van der Waals surface area contributed by atoms with Crippen molar-refractivity contribution in [1.82, 2.24) is 14.9 Å². The highest BCUT2D eigenvalue weighted by Gasteiger charge is 2.27. The molecule has 2 aromatic heterocycles. The second kappa shape index (κ2) is 7.46. The molecule has 0 aliphatic carbocycles. The van der Waals surface area contributed by atoms with Gasteiger partial charge in [0.1, 0.15) is 5.69 Å². The molecule has 0 bridgehead atoms. The van der Waals surface area contributed by atoms with Crippen LogP contribution in [-0.2, 0) is 6.42 Å². The first-order valence-electron chi connectivity index (χ1n) is 9.66. The third kappa shape index (κ3) is 3.26. The zero-order chi connectivity index (χ0) is 19.7. The Hall–Kier alpha value is -3.15. The molecule has 6 nitrogen and oxygen atoms in total. The van der Waals surface area contributed by atoms with Gasteiger partial charge >= 0.3 is 5.97 Å². The number of carboxylic acids is 1. The molecule has 3 aromatic rings. The molecule has 0 saturated carbocycles. The predicted molar refractivity (Wildman–Crippen MR) is 107 cm³/mol. The normalized spacial score (nSPS) is 15.1. The first kappa shape index (κ1) is 18.2. The number of aromatic amines is 1. The van der Waals surface area contributed by atoms with Gasteiger partial charge in [-0.15, -0.1) is 0 Å². The van der Waals surface area contributed by atoms with Crippen molar-refractivity contribution in [2.75, 3.05) is 13.1 Å². The number of H-pyrrole nitrogens is 1. The van der Waals surface area contributed by atoms with E-state index in [-0.39, 0.29) is 17.2 Å². The molecule has 0 spiro atoms. The summed E-state index contributed by atoms with van der Waals surface area (Å²) < 4.78 is 0. The van der Waals surface area contributed by atoms with Gasteiger partial charge in [0, 0.05) is 36.4 Å². The molecule has 6 heteroatoms. The van der Waals surface area contributed by atoms with Crippen LogP contribution in [0.2, 0.25) is 0 Å². The molecule has 144 valence electrons. The number of likely N-dealkylation sites (tertiary alicyclic amines) is 1. The number of pyridine rings is 1. The summed E-state index contributed by atoms with van der Waals surface area (Å²) in [6, 6.07) is 9.18. The maximum atomic E-state index is 12.7. The lowest BCUT2D eigenvalue weighted by molar-refractivity contribution is 0.0696. The predicted octanol–water partition coefficient (Wildman–Crippen LogP) is 3.84. The van der Waals surface area contributed by atoms with E-state index in [1.54, 1.807) is 4.90 Å². The Kier molecular flexibility index (Phi) is 4.86. The van der Waals surface area contributed by atoms with Crippen LogP contribution in [-0.4, -0.2) is 44.9 Å². The van der Waals surface area contributed by atoms with Gasteiger partial charge in [-0.3, -0.25) is 9.78 Å². The van der Waals surface area contributed by atoms with Crippen molar-refractivity contribution in [3.8, 4) is 0 Å². The smallest absolute Gasteiger partial charge is 0.335 e. The van der Waals surface area contributed by atoms with Crippen molar-refractivity contribution in [3.05, 3.63) is 65.1 Å². The molecule has 1 amide bonds. The fourth-order valence-corrected chi connectivity index (χ4v) is 4.11. The molecule has 0 radical (unpaired) electrons. The first-order chi connectivity index (χ1) is 13.6. The number of carboxylic acid groups (broad SMARTS) is 1. The summed E-state index contributed by atoms with van der Waals surface area (Å²) in [5.41, 5.74) is 4.13. The number of rotatable bonds is 4. The largest absolute Gasteiger partial charge is 0.478 e. The van der Waals surface area contributed by atoms with Crippen LogP contribution in [0.1, 0.15) is 57.7 Å². The Morgan fingerprint density at radius 2 is 2.04 bits per heavy atom. The molecule has 2 N–H and O–H groups in total. The Balaban J connectivity index is 1.49. The third-order valence-electron chi connectivity index (χ3n) is 5.66.